The number of hydrogen-bond donors (Lipinski definition) is 0. The Morgan fingerprint density at radius 3 is 2.20 bits per heavy atom. The molecule has 0 aliphatic carbocycles. The first-order valence-corrected chi connectivity index (χ1v) is 8.13. The number of carboxylic acids is 1. The highest BCUT2D eigenvalue weighted by Gasteiger charge is 2.12. The van der Waals surface area contributed by atoms with Crippen LogP contribution in [0.4, 0.5) is 0 Å². The Morgan fingerprint density at radius 1 is 0.920 bits per heavy atom. The Balaban J connectivity index is 2.08. The van der Waals surface area contributed by atoms with Crippen LogP contribution in [0.15, 0.2) is 66.7 Å². The van der Waals surface area contributed by atoms with E-state index in [9.17, 15) is 14.7 Å². The van der Waals surface area contributed by atoms with E-state index in [0.29, 0.717) is 12.0 Å². The number of ketones is 1. The number of aromatic nitrogens is 1. The zero-order valence-electron chi connectivity index (χ0n) is 13.9. The van der Waals surface area contributed by atoms with Gasteiger partial charge in [-0.2, -0.15) is 0 Å². The van der Waals surface area contributed by atoms with Gasteiger partial charge in [-0.1, -0.05) is 30.3 Å². The van der Waals surface area contributed by atoms with Crippen LogP contribution in [0.5, 0.6) is 0 Å². The summed E-state index contributed by atoms with van der Waals surface area (Å²) in [5.74, 6) is -1.06. The molecule has 0 N–H and O–H groups in total. The lowest BCUT2D eigenvalue weighted by Gasteiger charge is -2.15. The maximum atomic E-state index is 11.5. The van der Waals surface area contributed by atoms with E-state index in [-0.39, 0.29) is 12.2 Å². The molecule has 0 saturated carbocycles. The predicted octanol–water partition coefficient (Wildman–Crippen LogP) is 3.03. The molecule has 1 heterocycles. The highest BCUT2D eigenvalue weighted by atomic mass is 16.4. The first kappa shape index (κ1) is 16.7. The molecule has 3 aromatic rings. The molecule has 126 valence electrons. The maximum absolute atomic E-state index is 11.5. The van der Waals surface area contributed by atoms with Crippen LogP contribution in [0.2, 0.25) is 0 Å². The summed E-state index contributed by atoms with van der Waals surface area (Å²) in [4.78, 5) is 22.4. The van der Waals surface area contributed by atoms with Crippen LogP contribution >= 0.6 is 0 Å². The fourth-order valence-corrected chi connectivity index (χ4v) is 2.89. The summed E-state index contributed by atoms with van der Waals surface area (Å²) >= 11 is 0. The number of aryl methyl sites for hydroxylation is 1. The molecule has 4 nitrogen and oxygen atoms in total. The molecule has 0 bridgehead atoms. The summed E-state index contributed by atoms with van der Waals surface area (Å²) in [6.45, 7) is 1.53. The van der Waals surface area contributed by atoms with Gasteiger partial charge in [-0.3, -0.25) is 4.79 Å². The SMILES string of the molecule is CC(=O)c1ccc(-n2c(CCC(=O)[O-])ccc2-c2ccccc2)cc1. The third-order valence-corrected chi connectivity index (χ3v) is 4.15. The Hall–Kier alpha value is -3.14. The number of Topliss-reactive ketones (excluding diaryl/α,β-unsaturated/α-hetero) is 1. The maximum Gasteiger partial charge on any atom is 0.159 e. The summed E-state index contributed by atoms with van der Waals surface area (Å²) in [5, 5.41) is 10.9. The predicted molar refractivity (Wildman–Crippen MR) is 94.5 cm³/mol. The molecule has 0 unspecified atom stereocenters. The zero-order valence-corrected chi connectivity index (χ0v) is 13.9. The van der Waals surface area contributed by atoms with Crippen LogP contribution in [-0.2, 0) is 11.2 Å². The summed E-state index contributed by atoms with van der Waals surface area (Å²) in [5.41, 5.74) is 4.44. The molecule has 0 fully saturated rings. The number of carbonyl (C=O) groups is 2. The third kappa shape index (κ3) is 3.69. The van der Waals surface area contributed by atoms with E-state index in [0.717, 1.165) is 22.6 Å². The normalized spacial score (nSPS) is 10.6. The van der Waals surface area contributed by atoms with Crippen molar-refractivity contribution in [1.29, 1.82) is 0 Å². The van der Waals surface area contributed by atoms with Crippen molar-refractivity contribution in [2.75, 3.05) is 0 Å². The summed E-state index contributed by atoms with van der Waals surface area (Å²) in [6, 6.07) is 21.2. The molecule has 3 rings (SSSR count). The van der Waals surface area contributed by atoms with Crippen LogP contribution in [-0.4, -0.2) is 16.3 Å². The molecule has 25 heavy (non-hydrogen) atoms. The van der Waals surface area contributed by atoms with Gasteiger partial charge in [-0.15, -0.1) is 0 Å². The van der Waals surface area contributed by atoms with E-state index in [2.05, 4.69) is 0 Å². The molecule has 0 atom stereocenters. The van der Waals surface area contributed by atoms with Gasteiger partial charge < -0.3 is 14.5 Å². The van der Waals surface area contributed by atoms with Crippen molar-refractivity contribution < 1.29 is 14.7 Å². The van der Waals surface area contributed by atoms with Crippen LogP contribution in [0, 0.1) is 0 Å². The van der Waals surface area contributed by atoms with E-state index in [1.165, 1.54) is 6.92 Å². The second-order valence-electron chi connectivity index (χ2n) is 5.89. The molecule has 4 heteroatoms. The van der Waals surface area contributed by atoms with E-state index in [4.69, 9.17) is 0 Å². The number of aliphatic carboxylic acids is 1. The van der Waals surface area contributed by atoms with Crippen molar-refractivity contribution in [2.24, 2.45) is 0 Å². The Labute approximate surface area is 146 Å². The quantitative estimate of drug-likeness (QED) is 0.652. The minimum Gasteiger partial charge on any atom is -0.550 e. The third-order valence-electron chi connectivity index (χ3n) is 4.15. The van der Waals surface area contributed by atoms with E-state index >= 15 is 0 Å². The molecule has 0 radical (unpaired) electrons. The second kappa shape index (κ2) is 7.18. The van der Waals surface area contributed by atoms with Crippen molar-refractivity contribution >= 4 is 11.8 Å². The summed E-state index contributed by atoms with van der Waals surface area (Å²) in [6.07, 6.45) is 0.341. The Morgan fingerprint density at radius 2 is 1.60 bits per heavy atom. The summed E-state index contributed by atoms with van der Waals surface area (Å²) in [7, 11) is 0. The molecule has 1 aromatic heterocycles. The van der Waals surface area contributed by atoms with Crippen molar-refractivity contribution in [1.82, 2.24) is 4.57 Å². The molecule has 0 amide bonds. The van der Waals surface area contributed by atoms with Gasteiger partial charge in [-0.25, -0.2) is 0 Å². The minimum absolute atomic E-state index is 0.0134. The van der Waals surface area contributed by atoms with Gasteiger partial charge in [0, 0.05) is 22.9 Å². The number of carbonyl (C=O) groups excluding carboxylic acids is 2. The van der Waals surface area contributed by atoms with Gasteiger partial charge in [0.25, 0.3) is 0 Å². The highest BCUT2D eigenvalue weighted by Crippen LogP contribution is 2.27. The standard InChI is InChI=1S/C21H19NO3/c1-15(23)16-7-9-18(10-8-16)22-19(12-14-21(24)25)11-13-20(22)17-5-3-2-4-6-17/h2-11,13H,12,14H2,1H3,(H,24,25)/p-1. The molecule has 0 aliphatic rings. The number of rotatable bonds is 6. The van der Waals surface area contributed by atoms with Crippen molar-refractivity contribution in [3.05, 3.63) is 78.0 Å². The number of benzene rings is 2. The fraction of sp³-hybridized carbons (Fsp3) is 0.143. The van der Waals surface area contributed by atoms with Gasteiger partial charge in [0.2, 0.25) is 0 Å². The second-order valence-corrected chi connectivity index (χ2v) is 5.89. The number of carboxylic acid groups (broad SMARTS) is 1. The van der Waals surface area contributed by atoms with Crippen LogP contribution in [0.1, 0.15) is 29.4 Å². The van der Waals surface area contributed by atoms with E-state index in [1.54, 1.807) is 12.1 Å². The zero-order chi connectivity index (χ0) is 17.8. The van der Waals surface area contributed by atoms with Gasteiger partial charge in [0.05, 0.1) is 5.69 Å². The first-order valence-electron chi connectivity index (χ1n) is 8.13. The molecule has 0 aliphatic heterocycles. The average Bonchev–Trinajstić information content (AvgIpc) is 3.04. The van der Waals surface area contributed by atoms with Crippen LogP contribution in [0.25, 0.3) is 16.9 Å². The van der Waals surface area contributed by atoms with Crippen LogP contribution in [0.3, 0.4) is 0 Å². The van der Waals surface area contributed by atoms with Gasteiger partial charge >= 0.3 is 0 Å². The Bertz CT molecular complexity index is 893. The minimum atomic E-state index is -1.07. The van der Waals surface area contributed by atoms with Crippen LogP contribution < -0.4 is 5.11 Å². The highest BCUT2D eigenvalue weighted by molar-refractivity contribution is 5.94. The van der Waals surface area contributed by atoms with E-state index < -0.39 is 5.97 Å². The number of nitrogens with zero attached hydrogens (tertiary/aromatic N) is 1. The molecule has 2 aromatic carbocycles. The lowest BCUT2D eigenvalue weighted by Crippen LogP contribution is -2.22. The average molecular weight is 332 g/mol. The Kier molecular flexibility index (Phi) is 4.80. The van der Waals surface area contributed by atoms with Gasteiger partial charge in [0.15, 0.2) is 5.78 Å². The molecule has 0 saturated heterocycles. The molecular formula is C21H18NO3-. The summed E-state index contributed by atoms with van der Waals surface area (Å²) < 4.78 is 2.03. The van der Waals surface area contributed by atoms with E-state index in [1.807, 2.05) is 59.2 Å². The first-order chi connectivity index (χ1) is 12.1. The molecule has 0 spiro atoms. The van der Waals surface area contributed by atoms with Gasteiger partial charge in [-0.05, 0) is 61.7 Å². The largest absolute Gasteiger partial charge is 0.550 e. The van der Waals surface area contributed by atoms with Gasteiger partial charge in [0.1, 0.15) is 0 Å². The number of hydrogen-bond acceptors (Lipinski definition) is 3. The van der Waals surface area contributed by atoms with Crippen molar-refractivity contribution in [2.45, 2.75) is 19.8 Å². The topological polar surface area (TPSA) is 62.1 Å². The fourth-order valence-electron chi connectivity index (χ4n) is 2.89. The lowest BCUT2D eigenvalue weighted by molar-refractivity contribution is -0.305. The van der Waals surface area contributed by atoms with Crippen molar-refractivity contribution in [3.63, 3.8) is 0 Å². The molecular weight excluding hydrogens is 314 g/mol. The smallest absolute Gasteiger partial charge is 0.159 e. The lowest BCUT2D eigenvalue weighted by atomic mass is 10.1. The van der Waals surface area contributed by atoms with Crippen molar-refractivity contribution in [3.8, 4) is 16.9 Å². The monoisotopic (exact) mass is 332 g/mol.